The molecular weight excluding hydrogens is 276 g/mol. The molecule has 0 aliphatic carbocycles. The first-order chi connectivity index (χ1) is 9.63. The lowest BCUT2D eigenvalue weighted by Crippen LogP contribution is -2.06. The summed E-state index contributed by atoms with van der Waals surface area (Å²) >= 11 is 0. The number of benzene rings is 1. The summed E-state index contributed by atoms with van der Waals surface area (Å²) in [5.41, 5.74) is 7.50. The zero-order chi connectivity index (χ0) is 14.1. The van der Waals surface area contributed by atoms with E-state index in [1.165, 1.54) is 0 Å². The highest BCUT2D eigenvalue weighted by atomic mass is 32.2. The number of rotatable bonds is 4. The summed E-state index contributed by atoms with van der Waals surface area (Å²) in [6, 6.07) is 5.18. The van der Waals surface area contributed by atoms with Crippen molar-refractivity contribution < 1.29 is 8.63 Å². The Kier molecular flexibility index (Phi) is 3.27. The number of nitrogens with zero attached hydrogens (tertiary/aromatic N) is 3. The van der Waals surface area contributed by atoms with E-state index >= 15 is 0 Å². The van der Waals surface area contributed by atoms with E-state index in [9.17, 15) is 4.21 Å². The van der Waals surface area contributed by atoms with Crippen molar-refractivity contribution in [1.29, 1.82) is 0 Å². The van der Waals surface area contributed by atoms with Crippen molar-refractivity contribution in [3.05, 3.63) is 36.4 Å². The highest BCUT2D eigenvalue weighted by Gasteiger charge is 2.14. The van der Waals surface area contributed by atoms with Gasteiger partial charge in [-0.2, -0.15) is 0 Å². The zero-order valence-electron chi connectivity index (χ0n) is 10.9. The minimum Gasteiger partial charge on any atom is -0.430 e. The lowest BCUT2D eigenvalue weighted by Gasteiger charge is -1.99. The second kappa shape index (κ2) is 5.09. The van der Waals surface area contributed by atoms with Crippen LogP contribution in [-0.4, -0.2) is 24.5 Å². The highest BCUT2D eigenvalue weighted by Crippen LogP contribution is 2.20. The highest BCUT2D eigenvalue weighted by molar-refractivity contribution is 7.84. The fourth-order valence-electron chi connectivity index (χ4n) is 1.93. The molecule has 0 fully saturated rings. The van der Waals surface area contributed by atoms with Gasteiger partial charge in [-0.15, -0.1) is 0 Å². The van der Waals surface area contributed by atoms with Crippen molar-refractivity contribution >= 4 is 27.6 Å². The molecule has 0 bridgehead atoms. The maximum atomic E-state index is 12.2. The molecule has 3 rings (SSSR count). The SMILES string of the molecule is Cn1ccnc1CCS(=O)c1nc2ccc(N)cc2o1. The fraction of sp³-hybridized carbons (Fsp3) is 0.231. The smallest absolute Gasteiger partial charge is 0.287 e. The number of fused-ring (bicyclic) bond motifs is 1. The van der Waals surface area contributed by atoms with Gasteiger partial charge < -0.3 is 14.7 Å². The first kappa shape index (κ1) is 12.9. The van der Waals surface area contributed by atoms with Gasteiger partial charge in [0.25, 0.3) is 5.22 Å². The molecule has 0 saturated heterocycles. The average Bonchev–Trinajstić information content (AvgIpc) is 3.01. The normalized spacial score (nSPS) is 12.8. The Hall–Kier alpha value is -2.15. The van der Waals surface area contributed by atoms with Crippen LogP contribution < -0.4 is 5.73 Å². The van der Waals surface area contributed by atoms with Crippen molar-refractivity contribution in [1.82, 2.24) is 14.5 Å². The molecule has 2 N–H and O–H groups in total. The van der Waals surface area contributed by atoms with E-state index in [2.05, 4.69) is 9.97 Å². The molecule has 1 atom stereocenters. The van der Waals surface area contributed by atoms with E-state index in [1.54, 1.807) is 24.4 Å². The van der Waals surface area contributed by atoms with Gasteiger partial charge in [0.15, 0.2) is 5.58 Å². The lowest BCUT2D eigenvalue weighted by atomic mass is 10.3. The average molecular weight is 290 g/mol. The van der Waals surface area contributed by atoms with Crippen molar-refractivity contribution in [3.8, 4) is 0 Å². The van der Waals surface area contributed by atoms with Crippen LogP contribution in [0.15, 0.2) is 40.2 Å². The third-order valence-corrected chi connectivity index (χ3v) is 4.16. The Morgan fingerprint density at radius 1 is 1.45 bits per heavy atom. The summed E-state index contributed by atoms with van der Waals surface area (Å²) in [4.78, 5) is 8.42. The molecule has 2 heterocycles. The van der Waals surface area contributed by atoms with Crippen LogP contribution in [-0.2, 0) is 24.3 Å². The molecule has 0 radical (unpaired) electrons. The Bertz CT molecular complexity index is 778. The van der Waals surface area contributed by atoms with Crippen LogP contribution in [0, 0.1) is 0 Å². The number of aromatic nitrogens is 3. The van der Waals surface area contributed by atoms with E-state index in [-0.39, 0.29) is 5.22 Å². The predicted octanol–water partition coefficient (Wildman–Crippen LogP) is 1.49. The number of anilines is 1. The van der Waals surface area contributed by atoms with Crippen LogP contribution in [0.2, 0.25) is 0 Å². The molecule has 0 aliphatic heterocycles. The number of nitrogens with two attached hydrogens (primary N) is 1. The van der Waals surface area contributed by atoms with Crippen LogP contribution in [0.5, 0.6) is 0 Å². The molecule has 0 saturated carbocycles. The van der Waals surface area contributed by atoms with E-state index in [1.807, 2.05) is 17.8 Å². The van der Waals surface area contributed by atoms with Crippen molar-refractivity contribution in [2.75, 3.05) is 11.5 Å². The summed E-state index contributed by atoms with van der Waals surface area (Å²) in [6.07, 6.45) is 4.19. The zero-order valence-corrected chi connectivity index (χ0v) is 11.8. The van der Waals surface area contributed by atoms with Crippen molar-refractivity contribution in [2.45, 2.75) is 11.6 Å². The van der Waals surface area contributed by atoms with Gasteiger partial charge in [0.1, 0.15) is 22.1 Å². The summed E-state index contributed by atoms with van der Waals surface area (Å²) in [5.74, 6) is 1.31. The van der Waals surface area contributed by atoms with E-state index in [0.29, 0.717) is 29.0 Å². The van der Waals surface area contributed by atoms with Crippen LogP contribution in [0.3, 0.4) is 0 Å². The minimum absolute atomic E-state index is 0.236. The second-order valence-corrected chi connectivity index (χ2v) is 5.91. The van der Waals surface area contributed by atoms with Crippen LogP contribution in [0.1, 0.15) is 5.82 Å². The Labute approximate surface area is 118 Å². The van der Waals surface area contributed by atoms with Gasteiger partial charge in [-0.05, 0) is 12.1 Å². The van der Waals surface area contributed by atoms with Gasteiger partial charge >= 0.3 is 0 Å². The molecule has 0 amide bonds. The number of hydrogen-bond donors (Lipinski definition) is 1. The molecule has 3 aromatic rings. The maximum absolute atomic E-state index is 12.2. The first-order valence-electron chi connectivity index (χ1n) is 6.14. The molecule has 0 aliphatic rings. The monoisotopic (exact) mass is 290 g/mol. The number of hydrogen-bond acceptors (Lipinski definition) is 5. The molecular formula is C13H14N4O2S. The number of aryl methyl sites for hydroxylation is 2. The number of nitrogen functional groups attached to an aromatic ring is 1. The topological polar surface area (TPSA) is 86.9 Å². The molecule has 0 spiro atoms. The van der Waals surface area contributed by atoms with Crippen LogP contribution >= 0.6 is 0 Å². The van der Waals surface area contributed by atoms with E-state index in [0.717, 1.165) is 5.82 Å². The minimum atomic E-state index is -1.29. The summed E-state index contributed by atoms with van der Waals surface area (Å²) in [7, 11) is 0.623. The third kappa shape index (κ3) is 2.44. The van der Waals surface area contributed by atoms with Crippen molar-refractivity contribution in [3.63, 3.8) is 0 Å². The number of oxazole rings is 1. The molecule has 6 nitrogen and oxygen atoms in total. The molecule has 20 heavy (non-hydrogen) atoms. The summed E-state index contributed by atoms with van der Waals surface area (Å²) in [6.45, 7) is 0. The lowest BCUT2D eigenvalue weighted by molar-refractivity contribution is 0.477. The second-order valence-electron chi connectivity index (χ2n) is 4.46. The summed E-state index contributed by atoms with van der Waals surface area (Å²) < 4.78 is 19.6. The molecule has 2 aromatic heterocycles. The molecule has 104 valence electrons. The summed E-state index contributed by atoms with van der Waals surface area (Å²) in [5, 5.41) is 0.236. The standard InChI is InChI=1S/C13H14N4O2S/c1-17-6-5-15-12(17)4-7-20(18)13-16-10-3-2-9(14)8-11(10)19-13/h2-3,5-6,8H,4,7,14H2,1H3. The first-order valence-corrected chi connectivity index (χ1v) is 7.46. The van der Waals surface area contributed by atoms with Gasteiger partial charge in [0.05, 0.1) is 0 Å². The van der Waals surface area contributed by atoms with Crippen LogP contribution in [0.25, 0.3) is 11.1 Å². The van der Waals surface area contributed by atoms with Gasteiger partial charge in [-0.3, -0.25) is 0 Å². The van der Waals surface area contributed by atoms with Gasteiger partial charge in [-0.25, -0.2) is 14.2 Å². The van der Waals surface area contributed by atoms with Gasteiger partial charge in [0, 0.05) is 43.4 Å². The maximum Gasteiger partial charge on any atom is 0.287 e. The fourth-order valence-corrected chi connectivity index (χ4v) is 2.85. The Morgan fingerprint density at radius 3 is 3.05 bits per heavy atom. The van der Waals surface area contributed by atoms with E-state index < -0.39 is 10.8 Å². The Balaban J connectivity index is 1.77. The number of imidazole rings is 1. The Morgan fingerprint density at radius 2 is 2.30 bits per heavy atom. The third-order valence-electron chi connectivity index (χ3n) is 3.02. The van der Waals surface area contributed by atoms with E-state index in [4.69, 9.17) is 10.2 Å². The molecule has 7 heteroatoms. The molecule has 1 aromatic carbocycles. The predicted molar refractivity (Wildman–Crippen MR) is 76.6 cm³/mol. The molecule has 1 unspecified atom stereocenters. The van der Waals surface area contributed by atoms with Crippen LogP contribution in [0.4, 0.5) is 5.69 Å². The quantitative estimate of drug-likeness (QED) is 0.736. The largest absolute Gasteiger partial charge is 0.430 e. The van der Waals surface area contributed by atoms with Gasteiger partial charge in [-0.1, -0.05) is 0 Å². The van der Waals surface area contributed by atoms with Crippen molar-refractivity contribution in [2.24, 2.45) is 7.05 Å². The van der Waals surface area contributed by atoms with Gasteiger partial charge in [0.2, 0.25) is 0 Å².